The molecule has 1 aromatic heterocycles. The summed E-state index contributed by atoms with van der Waals surface area (Å²) in [5.74, 6) is 0. The van der Waals surface area contributed by atoms with Crippen LogP contribution in [0.2, 0.25) is 0 Å². The first kappa shape index (κ1) is 13.9. The van der Waals surface area contributed by atoms with Gasteiger partial charge in [0.25, 0.3) is 0 Å². The Kier molecular flexibility index (Phi) is 4.44. The molecule has 0 spiro atoms. The van der Waals surface area contributed by atoms with Gasteiger partial charge < -0.3 is 16.4 Å². The van der Waals surface area contributed by atoms with Crippen LogP contribution < -0.4 is 16.4 Å². The Morgan fingerprint density at radius 3 is 2.47 bits per heavy atom. The van der Waals surface area contributed by atoms with Gasteiger partial charge in [-0.1, -0.05) is 0 Å². The van der Waals surface area contributed by atoms with Gasteiger partial charge in [-0.25, -0.2) is 4.79 Å². The molecule has 19 heavy (non-hydrogen) atoms. The van der Waals surface area contributed by atoms with Gasteiger partial charge in [0.05, 0.1) is 0 Å². The number of aryl methyl sites for hydroxylation is 1. The summed E-state index contributed by atoms with van der Waals surface area (Å²) in [6, 6.07) is 8.99. The second-order valence-corrected chi connectivity index (χ2v) is 6.23. The molecule has 0 radical (unpaired) electrons. The quantitative estimate of drug-likeness (QED) is 0.790. The lowest BCUT2D eigenvalue weighted by atomic mass is 10.3. The fourth-order valence-corrected chi connectivity index (χ4v) is 3.15. The highest BCUT2D eigenvalue weighted by Gasteiger charge is 2.02. The fraction of sp³-hybridized carbons (Fsp3) is 0.154. The highest BCUT2D eigenvalue weighted by atomic mass is 79.9. The molecule has 0 saturated heterocycles. The summed E-state index contributed by atoms with van der Waals surface area (Å²) in [6.45, 7) is 2.86. The van der Waals surface area contributed by atoms with Crippen LogP contribution in [0.5, 0.6) is 0 Å². The molecule has 0 atom stereocenters. The van der Waals surface area contributed by atoms with E-state index in [-0.39, 0.29) is 0 Å². The third-order valence-corrected chi connectivity index (χ3v) is 4.66. The smallest absolute Gasteiger partial charge is 0.316 e. The zero-order valence-electron chi connectivity index (χ0n) is 10.4. The van der Waals surface area contributed by atoms with E-state index in [0.717, 1.165) is 16.7 Å². The van der Waals surface area contributed by atoms with Crippen LogP contribution in [0.4, 0.5) is 16.2 Å². The third kappa shape index (κ3) is 3.97. The number of nitrogens with one attached hydrogen (secondary N) is 2. The Labute approximate surface area is 124 Å². The van der Waals surface area contributed by atoms with Crippen LogP contribution in [0.1, 0.15) is 9.75 Å². The van der Waals surface area contributed by atoms with E-state index in [9.17, 15) is 4.79 Å². The molecule has 2 aromatic rings. The molecule has 4 N–H and O–H groups in total. The number of urea groups is 1. The normalized spacial score (nSPS) is 10.2. The monoisotopic (exact) mass is 339 g/mol. The Hall–Kier alpha value is -1.53. The van der Waals surface area contributed by atoms with E-state index < -0.39 is 6.03 Å². The van der Waals surface area contributed by atoms with Gasteiger partial charge in [-0.2, -0.15) is 0 Å². The Bertz CT molecular complexity index is 561. The maximum atomic E-state index is 10.7. The van der Waals surface area contributed by atoms with Crippen LogP contribution in [0.25, 0.3) is 0 Å². The summed E-state index contributed by atoms with van der Waals surface area (Å²) in [6.07, 6.45) is 0. The average molecular weight is 340 g/mol. The Balaban J connectivity index is 1.94. The number of hydrogen-bond donors (Lipinski definition) is 3. The highest BCUT2D eigenvalue weighted by Crippen LogP contribution is 2.27. The number of hydrogen-bond acceptors (Lipinski definition) is 3. The van der Waals surface area contributed by atoms with Crippen molar-refractivity contribution in [1.82, 2.24) is 0 Å². The van der Waals surface area contributed by atoms with Gasteiger partial charge in [0.1, 0.15) is 0 Å². The molecule has 1 heterocycles. The number of benzene rings is 1. The lowest BCUT2D eigenvalue weighted by Crippen LogP contribution is -2.19. The number of thiophene rings is 1. The first-order chi connectivity index (χ1) is 9.04. The molecule has 6 heteroatoms. The van der Waals surface area contributed by atoms with Gasteiger partial charge in [0.15, 0.2) is 0 Å². The first-order valence-electron chi connectivity index (χ1n) is 5.70. The number of rotatable bonds is 4. The lowest BCUT2D eigenvalue weighted by molar-refractivity contribution is 0.259. The maximum absolute atomic E-state index is 10.7. The number of carbonyl (C=O) groups is 1. The molecule has 0 fully saturated rings. The lowest BCUT2D eigenvalue weighted by Gasteiger charge is -2.06. The van der Waals surface area contributed by atoms with E-state index in [1.807, 2.05) is 24.3 Å². The van der Waals surface area contributed by atoms with E-state index >= 15 is 0 Å². The highest BCUT2D eigenvalue weighted by molar-refractivity contribution is 9.10. The number of anilines is 2. The molecule has 0 unspecified atom stereocenters. The van der Waals surface area contributed by atoms with Crippen LogP contribution in [0, 0.1) is 6.92 Å². The summed E-state index contributed by atoms with van der Waals surface area (Å²) >= 11 is 5.27. The molecular weight excluding hydrogens is 326 g/mol. The predicted octanol–water partition coefficient (Wildman–Crippen LogP) is 3.92. The number of halogens is 1. The minimum Gasteiger partial charge on any atom is -0.380 e. The second kappa shape index (κ2) is 6.08. The van der Waals surface area contributed by atoms with Gasteiger partial charge >= 0.3 is 6.03 Å². The number of amides is 2. The average Bonchev–Trinajstić information content (AvgIpc) is 2.67. The van der Waals surface area contributed by atoms with Crippen LogP contribution >= 0.6 is 27.3 Å². The zero-order valence-corrected chi connectivity index (χ0v) is 12.8. The molecule has 0 saturated carbocycles. The standard InChI is InChI=1S/C13H14BrN3OS/c1-8-12(14)6-11(19-8)7-16-9-2-4-10(5-3-9)17-13(15)18/h2-6,16H,7H2,1H3,(H3,15,17,18). The van der Waals surface area contributed by atoms with E-state index in [0.29, 0.717) is 5.69 Å². The van der Waals surface area contributed by atoms with Crippen molar-refractivity contribution in [1.29, 1.82) is 0 Å². The molecule has 2 rings (SSSR count). The van der Waals surface area contributed by atoms with E-state index in [1.165, 1.54) is 9.75 Å². The largest absolute Gasteiger partial charge is 0.380 e. The molecule has 0 bridgehead atoms. The topological polar surface area (TPSA) is 67.2 Å². The summed E-state index contributed by atoms with van der Waals surface area (Å²) in [5.41, 5.74) is 6.73. The Morgan fingerprint density at radius 1 is 1.32 bits per heavy atom. The molecular formula is C13H14BrN3OS. The molecule has 4 nitrogen and oxygen atoms in total. The molecule has 1 aromatic carbocycles. The summed E-state index contributed by atoms with van der Waals surface area (Å²) in [4.78, 5) is 13.2. The molecule has 0 aliphatic heterocycles. The summed E-state index contributed by atoms with van der Waals surface area (Å²) in [7, 11) is 0. The van der Waals surface area contributed by atoms with Crippen LogP contribution in [-0.4, -0.2) is 6.03 Å². The molecule has 0 aliphatic rings. The van der Waals surface area contributed by atoms with Gasteiger partial charge in [0, 0.05) is 32.1 Å². The van der Waals surface area contributed by atoms with Gasteiger partial charge in [-0.3, -0.25) is 0 Å². The van der Waals surface area contributed by atoms with Crippen molar-refractivity contribution in [3.63, 3.8) is 0 Å². The minimum absolute atomic E-state index is 0.556. The maximum Gasteiger partial charge on any atom is 0.316 e. The Morgan fingerprint density at radius 2 is 1.95 bits per heavy atom. The third-order valence-electron chi connectivity index (χ3n) is 2.53. The SMILES string of the molecule is Cc1sc(CNc2ccc(NC(N)=O)cc2)cc1Br. The van der Waals surface area contributed by atoms with Crippen molar-refractivity contribution in [2.75, 3.05) is 10.6 Å². The number of carbonyl (C=O) groups excluding carboxylic acids is 1. The van der Waals surface area contributed by atoms with Crippen LogP contribution in [-0.2, 0) is 6.54 Å². The number of primary amides is 1. The van der Waals surface area contributed by atoms with Gasteiger partial charge in [-0.05, 0) is 53.2 Å². The van der Waals surface area contributed by atoms with Crippen molar-refractivity contribution in [2.24, 2.45) is 5.73 Å². The fourth-order valence-electron chi connectivity index (χ4n) is 1.61. The molecule has 0 aliphatic carbocycles. The predicted molar refractivity (Wildman–Crippen MR) is 83.7 cm³/mol. The number of nitrogens with two attached hydrogens (primary N) is 1. The van der Waals surface area contributed by atoms with Crippen molar-refractivity contribution >= 4 is 44.7 Å². The van der Waals surface area contributed by atoms with E-state index in [4.69, 9.17) is 5.73 Å². The minimum atomic E-state index is -0.556. The van der Waals surface area contributed by atoms with Crippen molar-refractivity contribution in [2.45, 2.75) is 13.5 Å². The van der Waals surface area contributed by atoms with E-state index in [1.54, 1.807) is 11.3 Å². The summed E-state index contributed by atoms with van der Waals surface area (Å²) < 4.78 is 1.15. The zero-order chi connectivity index (χ0) is 13.8. The van der Waals surface area contributed by atoms with Crippen molar-refractivity contribution in [3.05, 3.63) is 44.6 Å². The first-order valence-corrected chi connectivity index (χ1v) is 7.31. The van der Waals surface area contributed by atoms with Crippen LogP contribution in [0.3, 0.4) is 0 Å². The summed E-state index contributed by atoms with van der Waals surface area (Å²) in [5, 5.41) is 5.85. The van der Waals surface area contributed by atoms with E-state index in [2.05, 4.69) is 39.6 Å². The molecule has 2 amide bonds. The van der Waals surface area contributed by atoms with Gasteiger partial charge in [0.2, 0.25) is 0 Å². The van der Waals surface area contributed by atoms with Gasteiger partial charge in [-0.15, -0.1) is 11.3 Å². The van der Waals surface area contributed by atoms with Crippen molar-refractivity contribution < 1.29 is 4.79 Å². The second-order valence-electron chi connectivity index (χ2n) is 4.04. The molecule has 100 valence electrons. The van der Waals surface area contributed by atoms with Crippen molar-refractivity contribution in [3.8, 4) is 0 Å². The van der Waals surface area contributed by atoms with Crippen LogP contribution in [0.15, 0.2) is 34.8 Å².